The molecule has 2 rings (SSSR count). The summed E-state index contributed by atoms with van der Waals surface area (Å²) >= 11 is 0. The van der Waals surface area contributed by atoms with Gasteiger partial charge >= 0.3 is 5.97 Å². The SMILES string of the molecule is O=C(O)Cc1ccc(S(=O)CCc2ccccc2)cc1. The molecule has 0 radical (unpaired) electrons. The molecule has 0 aliphatic heterocycles. The second kappa shape index (κ2) is 7.01. The van der Waals surface area contributed by atoms with Gasteiger partial charge in [0.15, 0.2) is 0 Å². The van der Waals surface area contributed by atoms with Crippen LogP contribution in [0.2, 0.25) is 0 Å². The Kier molecular flexibility index (Phi) is 5.07. The Bertz CT molecular complexity index is 591. The largest absolute Gasteiger partial charge is 0.481 e. The Labute approximate surface area is 120 Å². The zero-order valence-electron chi connectivity index (χ0n) is 11.0. The second-order valence-corrected chi connectivity index (χ2v) is 6.07. The van der Waals surface area contributed by atoms with Gasteiger partial charge in [-0.2, -0.15) is 0 Å². The lowest BCUT2D eigenvalue weighted by Gasteiger charge is -2.04. The number of hydrogen-bond donors (Lipinski definition) is 1. The molecule has 0 fully saturated rings. The highest BCUT2D eigenvalue weighted by atomic mass is 32.2. The summed E-state index contributed by atoms with van der Waals surface area (Å²) in [6.07, 6.45) is 0.765. The van der Waals surface area contributed by atoms with E-state index < -0.39 is 16.8 Å². The zero-order valence-corrected chi connectivity index (χ0v) is 11.8. The highest BCUT2D eigenvalue weighted by Crippen LogP contribution is 2.11. The van der Waals surface area contributed by atoms with E-state index >= 15 is 0 Å². The van der Waals surface area contributed by atoms with Gasteiger partial charge in [-0.15, -0.1) is 0 Å². The summed E-state index contributed by atoms with van der Waals surface area (Å²) in [5.74, 6) is -0.287. The van der Waals surface area contributed by atoms with Crippen molar-refractivity contribution in [1.82, 2.24) is 0 Å². The lowest BCUT2D eigenvalue weighted by molar-refractivity contribution is -0.136. The molecule has 0 aromatic heterocycles. The summed E-state index contributed by atoms with van der Waals surface area (Å²) in [6.45, 7) is 0. The molecule has 3 nitrogen and oxygen atoms in total. The molecule has 1 N–H and O–H groups in total. The Balaban J connectivity index is 1.94. The first-order chi connectivity index (χ1) is 9.65. The highest BCUT2D eigenvalue weighted by Gasteiger charge is 2.06. The van der Waals surface area contributed by atoms with Crippen LogP contribution in [-0.4, -0.2) is 21.0 Å². The molecule has 1 unspecified atom stereocenters. The predicted molar refractivity (Wildman–Crippen MR) is 79.2 cm³/mol. The Morgan fingerprint density at radius 2 is 1.60 bits per heavy atom. The standard InChI is InChI=1S/C16H16O3S/c17-16(18)12-14-6-8-15(9-7-14)20(19)11-10-13-4-2-1-3-5-13/h1-9H,10-12H2,(H,17,18). The van der Waals surface area contributed by atoms with Crippen LogP contribution in [0.4, 0.5) is 0 Å². The summed E-state index contributed by atoms with van der Waals surface area (Å²) in [5.41, 5.74) is 1.89. The van der Waals surface area contributed by atoms with Crippen LogP contribution in [0.3, 0.4) is 0 Å². The molecule has 0 saturated heterocycles. The van der Waals surface area contributed by atoms with Crippen LogP contribution in [0.5, 0.6) is 0 Å². The molecule has 4 heteroatoms. The number of hydrogen-bond acceptors (Lipinski definition) is 2. The molecule has 0 bridgehead atoms. The zero-order chi connectivity index (χ0) is 14.4. The van der Waals surface area contributed by atoms with Gasteiger partial charge in [0.2, 0.25) is 0 Å². The first-order valence-electron chi connectivity index (χ1n) is 6.38. The predicted octanol–water partition coefficient (Wildman–Crippen LogP) is 2.66. The van der Waals surface area contributed by atoms with E-state index in [-0.39, 0.29) is 6.42 Å². The third-order valence-corrected chi connectivity index (χ3v) is 4.33. The molecule has 2 aromatic rings. The first-order valence-corrected chi connectivity index (χ1v) is 7.70. The van der Waals surface area contributed by atoms with Crippen molar-refractivity contribution in [1.29, 1.82) is 0 Å². The van der Waals surface area contributed by atoms with Crippen LogP contribution in [0.15, 0.2) is 59.5 Å². The highest BCUT2D eigenvalue weighted by molar-refractivity contribution is 7.85. The fourth-order valence-electron chi connectivity index (χ4n) is 1.91. The third kappa shape index (κ3) is 4.31. The van der Waals surface area contributed by atoms with Crippen molar-refractivity contribution in [2.75, 3.05) is 5.75 Å². The minimum absolute atomic E-state index is 0.00305. The van der Waals surface area contributed by atoms with E-state index in [9.17, 15) is 9.00 Å². The molecule has 20 heavy (non-hydrogen) atoms. The maximum absolute atomic E-state index is 12.1. The van der Waals surface area contributed by atoms with E-state index in [1.165, 1.54) is 5.56 Å². The van der Waals surface area contributed by atoms with E-state index in [2.05, 4.69) is 0 Å². The number of carboxylic acids is 1. The number of rotatable bonds is 6. The quantitative estimate of drug-likeness (QED) is 0.889. The summed E-state index contributed by atoms with van der Waals surface area (Å²) in [6, 6.07) is 16.9. The van der Waals surface area contributed by atoms with Crippen molar-refractivity contribution in [3.8, 4) is 0 Å². The van der Waals surface area contributed by atoms with Gasteiger partial charge in [-0.3, -0.25) is 9.00 Å². The second-order valence-electron chi connectivity index (χ2n) is 4.50. The van der Waals surface area contributed by atoms with E-state index in [1.807, 2.05) is 30.3 Å². The first kappa shape index (κ1) is 14.5. The Hall–Kier alpha value is -1.94. The van der Waals surface area contributed by atoms with Crippen LogP contribution < -0.4 is 0 Å². The fraction of sp³-hybridized carbons (Fsp3) is 0.188. The van der Waals surface area contributed by atoms with E-state index in [0.717, 1.165) is 16.9 Å². The fourth-order valence-corrected chi connectivity index (χ4v) is 3.00. The van der Waals surface area contributed by atoms with Crippen molar-refractivity contribution in [2.45, 2.75) is 17.7 Å². The number of aliphatic carboxylic acids is 1. The van der Waals surface area contributed by atoms with Gasteiger partial charge in [-0.05, 0) is 29.7 Å². The van der Waals surface area contributed by atoms with Crippen LogP contribution >= 0.6 is 0 Å². The molecule has 0 aliphatic rings. The average molecular weight is 288 g/mol. The molecule has 0 spiro atoms. The molecular formula is C16H16O3S. The van der Waals surface area contributed by atoms with Gasteiger partial charge in [-0.25, -0.2) is 0 Å². The van der Waals surface area contributed by atoms with Crippen molar-refractivity contribution < 1.29 is 14.1 Å². The summed E-state index contributed by atoms with van der Waals surface area (Å²) < 4.78 is 12.1. The normalized spacial score (nSPS) is 12.0. The maximum Gasteiger partial charge on any atom is 0.307 e. The maximum atomic E-state index is 12.1. The van der Waals surface area contributed by atoms with Crippen molar-refractivity contribution in [3.63, 3.8) is 0 Å². The Morgan fingerprint density at radius 1 is 0.950 bits per heavy atom. The van der Waals surface area contributed by atoms with Gasteiger partial charge < -0.3 is 5.11 Å². The van der Waals surface area contributed by atoms with Gasteiger partial charge in [0.25, 0.3) is 0 Å². The van der Waals surface area contributed by atoms with Crippen LogP contribution in [0.1, 0.15) is 11.1 Å². The van der Waals surface area contributed by atoms with E-state index in [1.54, 1.807) is 24.3 Å². The number of carboxylic acid groups (broad SMARTS) is 1. The number of aryl methyl sites for hydroxylation is 1. The summed E-state index contributed by atoms with van der Waals surface area (Å²) in [7, 11) is -1.05. The van der Waals surface area contributed by atoms with Gasteiger partial charge in [0.1, 0.15) is 0 Å². The minimum Gasteiger partial charge on any atom is -0.481 e. The number of carbonyl (C=O) groups is 1. The molecule has 0 saturated carbocycles. The van der Waals surface area contributed by atoms with Gasteiger partial charge in [0, 0.05) is 10.6 Å². The third-order valence-electron chi connectivity index (χ3n) is 2.96. The summed E-state index contributed by atoms with van der Waals surface area (Å²) in [4.78, 5) is 11.3. The molecule has 104 valence electrons. The topological polar surface area (TPSA) is 54.4 Å². The smallest absolute Gasteiger partial charge is 0.307 e. The average Bonchev–Trinajstić information content (AvgIpc) is 2.46. The van der Waals surface area contributed by atoms with Crippen LogP contribution in [-0.2, 0) is 28.4 Å². The van der Waals surface area contributed by atoms with Gasteiger partial charge in [0.05, 0.1) is 17.2 Å². The van der Waals surface area contributed by atoms with Crippen LogP contribution in [0, 0.1) is 0 Å². The Morgan fingerprint density at radius 3 is 2.20 bits per heavy atom. The monoisotopic (exact) mass is 288 g/mol. The lowest BCUT2D eigenvalue weighted by Crippen LogP contribution is -2.03. The minimum atomic E-state index is -1.05. The molecule has 0 amide bonds. The van der Waals surface area contributed by atoms with Gasteiger partial charge in [-0.1, -0.05) is 42.5 Å². The number of benzene rings is 2. The molecule has 0 aliphatic carbocycles. The van der Waals surface area contributed by atoms with Crippen molar-refractivity contribution in [3.05, 3.63) is 65.7 Å². The summed E-state index contributed by atoms with van der Waals surface area (Å²) in [5, 5.41) is 8.70. The lowest BCUT2D eigenvalue weighted by atomic mass is 10.2. The van der Waals surface area contributed by atoms with Crippen molar-refractivity contribution in [2.24, 2.45) is 0 Å². The van der Waals surface area contributed by atoms with Crippen molar-refractivity contribution >= 4 is 16.8 Å². The molecule has 2 aromatic carbocycles. The van der Waals surface area contributed by atoms with E-state index in [4.69, 9.17) is 5.11 Å². The molecule has 1 atom stereocenters. The van der Waals surface area contributed by atoms with E-state index in [0.29, 0.717) is 5.75 Å². The van der Waals surface area contributed by atoms with Crippen LogP contribution in [0.25, 0.3) is 0 Å². The molecule has 0 heterocycles. The molecular weight excluding hydrogens is 272 g/mol.